The van der Waals surface area contributed by atoms with Gasteiger partial charge >= 0.3 is 6.03 Å². The first-order valence-electron chi connectivity index (χ1n) is 13.3. The first kappa shape index (κ1) is 26.5. The maximum Gasteiger partial charge on any atom is 0.320 e. The molecule has 2 aromatic rings. The van der Waals surface area contributed by atoms with Crippen LogP contribution in [0.2, 0.25) is 0 Å². The molecule has 2 amide bonds. The molecular formula is C29H41N3O4. The second-order valence-electron chi connectivity index (χ2n) is 10.3. The number of hydrogen-bond acceptors (Lipinski definition) is 5. The van der Waals surface area contributed by atoms with Crippen LogP contribution in [0.3, 0.4) is 0 Å². The first-order chi connectivity index (χ1) is 17.4. The van der Waals surface area contributed by atoms with Gasteiger partial charge in [0.25, 0.3) is 0 Å². The van der Waals surface area contributed by atoms with E-state index in [1.165, 1.54) is 0 Å². The van der Waals surface area contributed by atoms with E-state index in [1.807, 2.05) is 65.3 Å². The molecule has 196 valence electrons. The molecule has 0 bridgehead atoms. The molecule has 2 aliphatic heterocycles. The third-order valence-electron chi connectivity index (χ3n) is 7.62. The summed E-state index contributed by atoms with van der Waals surface area (Å²) >= 11 is 0. The van der Waals surface area contributed by atoms with Crippen LogP contribution in [0.5, 0.6) is 11.5 Å². The van der Waals surface area contributed by atoms with E-state index in [2.05, 4.69) is 0 Å². The summed E-state index contributed by atoms with van der Waals surface area (Å²) < 4.78 is 11.8. The highest BCUT2D eigenvalue weighted by Gasteiger charge is 2.33. The minimum absolute atomic E-state index is 0.112. The maximum atomic E-state index is 12.9. The van der Waals surface area contributed by atoms with Gasteiger partial charge in [0.2, 0.25) is 0 Å². The summed E-state index contributed by atoms with van der Waals surface area (Å²) in [6.45, 7) is 5.09. The topological polar surface area (TPSA) is 88.3 Å². The molecular weight excluding hydrogens is 454 g/mol. The third kappa shape index (κ3) is 6.38. The zero-order valence-corrected chi connectivity index (χ0v) is 21.7. The van der Waals surface area contributed by atoms with Crippen LogP contribution in [0.15, 0.2) is 48.5 Å². The summed E-state index contributed by atoms with van der Waals surface area (Å²) in [5, 5.41) is 11.4. The number of methoxy groups -OCH3 is 1. The number of urea groups is 1. The Hall–Kier alpha value is -2.61. The second-order valence-corrected chi connectivity index (χ2v) is 10.3. The summed E-state index contributed by atoms with van der Waals surface area (Å²) in [6.07, 6.45) is 6.36. The van der Waals surface area contributed by atoms with Crippen LogP contribution in [-0.4, -0.2) is 60.3 Å². The van der Waals surface area contributed by atoms with Crippen molar-refractivity contribution in [2.75, 3.05) is 33.3 Å². The molecule has 0 aliphatic carbocycles. The van der Waals surface area contributed by atoms with Gasteiger partial charge in [0.05, 0.1) is 5.56 Å². The lowest BCUT2D eigenvalue weighted by atomic mass is 9.91. The number of nitrogens with zero attached hydrogens (tertiary/aromatic N) is 2. The van der Waals surface area contributed by atoms with Crippen molar-refractivity contribution in [2.24, 2.45) is 11.7 Å². The molecule has 4 rings (SSSR count). The number of rotatable bonds is 9. The van der Waals surface area contributed by atoms with E-state index >= 15 is 0 Å². The van der Waals surface area contributed by atoms with Crippen LogP contribution in [0.1, 0.15) is 56.1 Å². The van der Waals surface area contributed by atoms with Gasteiger partial charge < -0.3 is 30.1 Å². The van der Waals surface area contributed by atoms with E-state index < -0.39 is 5.79 Å². The highest BCUT2D eigenvalue weighted by molar-refractivity contribution is 5.75. The number of piperidine rings is 1. The van der Waals surface area contributed by atoms with Gasteiger partial charge in [-0.25, -0.2) is 4.79 Å². The maximum absolute atomic E-state index is 12.9. The van der Waals surface area contributed by atoms with Gasteiger partial charge in [-0.05, 0) is 68.7 Å². The number of para-hydroxylation sites is 2. The van der Waals surface area contributed by atoms with Gasteiger partial charge in [-0.1, -0.05) is 36.8 Å². The molecule has 2 aromatic carbocycles. The van der Waals surface area contributed by atoms with Crippen molar-refractivity contribution in [1.29, 1.82) is 0 Å². The van der Waals surface area contributed by atoms with Crippen molar-refractivity contribution < 1.29 is 19.4 Å². The molecule has 1 unspecified atom stereocenters. The van der Waals surface area contributed by atoms with E-state index in [-0.39, 0.29) is 12.1 Å². The van der Waals surface area contributed by atoms with Crippen molar-refractivity contribution in [3.8, 4) is 11.5 Å². The van der Waals surface area contributed by atoms with Gasteiger partial charge in [-0.2, -0.15) is 0 Å². The van der Waals surface area contributed by atoms with Crippen molar-refractivity contribution in [2.45, 2.75) is 63.7 Å². The molecule has 3 atom stereocenters. The van der Waals surface area contributed by atoms with Crippen molar-refractivity contribution in [3.63, 3.8) is 0 Å². The Morgan fingerprint density at radius 1 is 1.03 bits per heavy atom. The first-order valence-corrected chi connectivity index (χ1v) is 13.3. The molecule has 2 saturated heterocycles. The number of benzene rings is 2. The lowest BCUT2D eigenvalue weighted by Crippen LogP contribution is -2.47. The lowest BCUT2D eigenvalue weighted by Gasteiger charge is -2.35. The Morgan fingerprint density at radius 3 is 2.47 bits per heavy atom. The molecule has 2 fully saturated rings. The predicted molar refractivity (Wildman–Crippen MR) is 141 cm³/mol. The molecule has 7 heteroatoms. The fraction of sp³-hybridized carbons (Fsp3) is 0.552. The molecule has 2 aliphatic rings. The van der Waals surface area contributed by atoms with Crippen LogP contribution in [-0.2, 0) is 10.5 Å². The minimum atomic E-state index is -1.43. The molecule has 36 heavy (non-hydrogen) atoms. The van der Waals surface area contributed by atoms with Crippen LogP contribution in [0.25, 0.3) is 0 Å². The quantitative estimate of drug-likeness (QED) is 0.377. The Balaban J connectivity index is 1.31. The van der Waals surface area contributed by atoms with Gasteiger partial charge in [0.1, 0.15) is 11.5 Å². The number of hydrogen-bond donors (Lipinski definition) is 2. The highest BCUT2D eigenvalue weighted by Crippen LogP contribution is 2.38. The smallest absolute Gasteiger partial charge is 0.320 e. The SMILES string of the molecule is COC(O)(CCCC[C@@H]1CCCN(C(=O)N2CC[C@H](N)C2)C1)c1ccccc1Oc1ccccc1C. The summed E-state index contributed by atoms with van der Waals surface area (Å²) in [7, 11) is 1.54. The Labute approximate surface area is 215 Å². The van der Waals surface area contributed by atoms with E-state index in [4.69, 9.17) is 15.2 Å². The zero-order chi connectivity index (χ0) is 25.5. The fourth-order valence-electron chi connectivity index (χ4n) is 5.45. The highest BCUT2D eigenvalue weighted by atomic mass is 16.6. The number of carbonyl (C=O) groups is 1. The monoisotopic (exact) mass is 495 g/mol. The molecule has 3 N–H and O–H groups in total. The number of likely N-dealkylation sites (tertiary alicyclic amines) is 2. The number of unbranched alkanes of at least 4 members (excludes halogenated alkanes) is 1. The average Bonchev–Trinajstić information content (AvgIpc) is 3.34. The van der Waals surface area contributed by atoms with Gasteiger partial charge in [-0.15, -0.1) is 0 Å². The van der Waals surface area contributed by atoms with Crippen LogP contribution < -0.4 is 10.5 Å². The van der Waals surface area contributed by atoms with Gasteiger partial charge in [-0.3, -0.25) is 0 Å². The molecule has 0 radical (unpaired) electrons. The van der Waals surface area contributed by atoms with E-state index in [1.54, 1.807) is 7.11 Å². The number of aliphatic hydroxyl groups is 1. The van der Waals surface area contributed by atoms with Crippen LogP contribution >= 0.6 is 0 Å². The number of carbonyl (C=O) groups excluding carboxylic acids is 1. The predicted octanol–water partition coefficient (Wildman–Crippen LogP) is 5.00. The van der Waals surface area contributed by atoms with Crippen molar-refractivity contribution >= 4 is 6.03 Å². The van der Waals surface area contributed by atoms with Crippen LogP contribution in [0.4, 0.5) is 4.79 Å². The Morgan fingerprint density at radius 2 is 1.75 bits per heavy atom. The molecule has 0 saturated carbocycles. The van der Waals surface area contributed by atoms with Gasteiger partial charge in [0.15, 0.2) is 5.79 Å². The molecule has 0 aromatic heterocycles. The normalized spacial score (nSPS) is 21.9. The van der Waals surface area contributed by atoms with E-state index in [9.17, 15) is 9.90 Å². The lowest BCUT2D eigenvalue weighted by molar-refractivity contribution is -0.200. The summed E-state index contributed by atoms with van der Waals surface area (Å²) in [6, 6.07) is 15.6. The van der Waals surface area contributed by atoms with Crippen LogP contribution in [0, 0.1) is 12.8 Å². The van der Waals surface area contributed by atoms with Crippen molar-refractivity contribution in [1.82, 2.24) is 9.80 Å². The third-order valence-corrected chi connectivity index (χ3v) is 7.62. The number of aryl methyl sites for hydroxylation is 1. The Bertz CT molecular complexity index is 1020. The average molecular weight is 496 g/mol. The standard InChI is InChI=1S/C29H41N3O4/c1-22-10-3-5-14-26(22)36-27-15-6-4-13-25(27)29(34,35-2)17-8-7-11-23-12-9-18-31(20-23)28(33)32-19-16-24(30)21-32/h3-6,10,13-15,23-24,34H,7-9,11-12,16-21,30H2,1-2H3/t23-,24+,29?/m1/s1. The van der Waals surface area contributed by atoms with Crippen molar-refractivity contribution in [3.05, 3.63) is 59.7 Å². The number of ether oxygens (including phenoxy) is 2. The van der Waals surface area contributed by atoms with Gasteiger partial charge in [0, 0.05) is 45.8 Å². The summed E-state index contributed by atoms with van der Waals surface area (Å²) in [5.41, 5.74) is 7.65. The molecule has 2 heterocycles. The Kier molecular flexibility index (Phi) is 8.88. The summed E-state index contributed by atoms with van der Waals surface area (Å²) in [4.78, 5) is 16.8. The minimum Gasteiger partial charge on any atom is -0.457 e. The molecule has 0 spiro atoms. The van der Waals surface area contributed by atoms with E-state index in [0.29, 0.717) is 30.2 Å². The van der Waals surface area contributed by atoms with E-state index in [0.717, 1.165) is 69.5 Å². The second kappa shape index (κ2) is 12.1. The number of nitrogens with two attached hydrogens (primary N) is 1. The zero-order valence-electron chi connectivity index (χ0n) is 21.7. The molecule has 7 nitrogen and oxygen atoms in total. The summed E-state index contributed by atoms with van der Waals surface area (Å²) in [5.74, 6) is 0.420. The fourth-order valence-corrected chi connectivity index (χ4v) is 5.45. The number of amides is 2. The largest absolute Gasteiger partial charge is 0.457 e.